The Kier molecular flexibility index (Phi) is 4.84. The molecule has 1 aromatic heterocycles. The maximum Gasteiger partial charge on any atom is 0.271 e. The maximum atomic E-state index is 12.1. The van der Waals surface area contributed by atoms with E-state index in [0.29, 0.717) is 0 Å². The average molecular weight is 349 g/mol. The number of nitrogens with one attached hydrogen (secondary N) is 1. The first-order valence-electron chi connectivity index (χ1n) is 7.74. The first-order valence-corrected chi connectivity index (χ1v) is 7.74. The number of nitrogens with zero attached hydrogens (tertiary/aromatic N) is 4. The third-order valence-electron chi connectivity index (χ3n) is 3.65. The number of aryl methyl sites for hydroxylation is 1. The van der Waals surface area contributed by atoms with Crippen LogP contribution in [0.5, 0.6) is 0 Å². The highest BCUT2D eigenvalue weighted by molar-refractivity contribution is 5.95. The van der Waals surface area contributed by atoms with Gasteiger partial charge in [-0.1, -0.05) is 24.3 Å². The minimum absolute atomic E-state index is 0.151. The number of carbonyl (C=O) groups excluding carboxylic acids is 1. The van der Waals surface area contributed by atoms with Crippen LogP contribution < -0.4 is 5.43 Å². The van der Waals surface area contributed by atoms with E-state index >= 15 is 0 Å². The van der Waals surface area contributed by atoms with Crippen molar-refractivity contribution in [1.82, 2.24) is 15.2 Å². The van der Waals surface area contributed by atoms with Gasteiger partial charge in [0.05, 0.1) is 22.5 Å². The molecule has 0 aliphatic heterocycles. The summed E-state index contributed by atoms with van der Waals surface area (Å²) in [5.41, 5.74) is 4.78. The third-order valence-corrected chi connectivity index (χ3v) is 3.65. The van der Waals surface area contributed by atoms with Crippen molar-refractivity contribution in [2.75, 3.05) is 0 Å². The molecule has 1 heterocycles. The molecule has 0 unspecified atom stereocenters. The lowest BCUT2D eigenvalue weighted by atomic mass is 10.2. The molecule has 2 aromatic carbocycles. The van der Waals surface area contributed by atoms with Crippen LogP contribution in [0.2, 0.25) is 0 Å². The lowest BCUT2D eigenvalue weighted by Crippen LogP contribution is -2.17. The number of amides is 1. The van der Waals surface area contributed by atoms with Crippen molar-refractivity contribution in [3.63, 3.8) is 0 Å². The summed E-state index contributed by atoms with van der Waals surface area (Å²) >= 11 is 0. The number of benzene rings is 2. The van der Waals surface area contributed by atoms with Crippen molar-refractivity contribution < 1.29 is 9.72 Å². The van der Waals surface area contributed by atoms with Gasteiger partial charge in [-0.05, 0) is 25.1 Å². The Morgan fingerprint density at radius 2 is 2.00 bits per heavy atom. The molecule has 8 nitrogen and oxygen atoms in total. The molecular weight excluding hydrogens is 334 g/mol. The van der Waals surface area contributed by atoms with E-state index in [1.165, 1.54) is 30.5 Å². The number of non-ortho nitro benzene ring substituents is 1. The quantitative estimate of drug-likeness (QED) is 0.434. The van der Waals surface area contributed by atoms with Gasteiger partial charge >= 0.3 is 0 Å². The Hall–Kier alpha value is -3.81. The lowest BCUT2D eigenvalue weighted by molar-refractivity contribution is -0.384. The van der Waals surface area contributed by atoms with Crippen molar-refractivity contribution in [2.45, 2.75) is 6.92 Å². The van der Waals surface area contributed by atoms with E-state index in [4.69, 9.17) is 0 Å². The molecule has 8 heteroatoms. The SMILES string of the molecule is Cc1nn(-c2ccccc2)cc1C=NNC(=O)c1cccc([N+](=O)[O-])c1. The number of rotatable bonds is 5. The van der Waals surface area contributed by atoms with Crippen LogP contribution >= 0.6 is 0 Å². The highest BCUT2D eigenvalue weighted by Gasteiger charge is 2.11. The fraction of sp³-hybridized carbons (Fsp3) is 0.0556. The van der Waals surface area contributed by atoms with E-state index in [-0.39, 0.29) is 11.3 Å². The van der Waals surface area contributed by atoms with E-state index in [0.717, 1.165) is 16.9 Å². The Balaban J connectivity index is 1.71. The van der Waals surface area contributed by atoms with Gasteiger partial charge in [-0.2, -0.15) is 10.2 Å². The van der Waals surface area contributed by atoms with Crippen LogP contribution in [-0.2, 0) is 0 Å². The maximum absolute atomic E-state index is 12.1. The van der Waals surface area contributed by atoms with Gasteiger partial charge in [0.2, 0.25) is 0 Å². The molecule has 0 aliphatic carbocycles. The van der Waals surface area contributed by atoms with Crippen LogP contribution in [0.4, 0.5) is 5.69 Å². The van der Waals surface area contributed by atoms with Crippen LogP contribution in [0.3, 0.4) is 0 Å². The molecule has 130 valence electrons. The van der Waals surface area contributed by atoms with Crippen LogP contribution in [0.15, 0.2) is 65.9 Å². The van der Waals surface area contributed by atoms with E-state index in [1.807, 2.05) is 37.3 Å². The zero-order valence-electron chi connectivity index (χ0n) is 13.9. The topological polar surface area (TPSA) is 102 Å². The molecule has 0 saturated heterocycles. The van der Waals surface area contributed by atoms with Gasteiger partial charge in [0, 0.05) is 29.5 Å². The van der Waals surface area contributed by atoms with Crippen LogP contribution in [-0.4, -0.2) is 26.8 Å². The Morgan fingerprint density at radius 3 is 2.73 bits per heavy atom. The molecule has 1 amide bonds. The van der Waals surface area contributed by atoms with Gasteiger partial charge in [0.15, 0.2) is 0 Å². The summed E-state index contributed by atoms with van der Waals surface area (Å²) in [7, 11) is 0. The largest absolute Gasteiger partial charge is 0.271 e. The Bertz CT molecular complexity index is 980. The number of hydrogen-bond donors (Lipinski definition) is 1. The molecule has 0 aliphatic rings. The number of carbonyl (C=O) groups is 1. The van der Waals surface area contributed by atoms with Crippen LogP contribution in [0, 0.1) is 17.0 Å². The second-order valence-corrected chi connectivity index (χ2v) is 5.46. The predicted octanol–water partition coefficient (Wildman–Crippen LogP) is 2.85. The van der Waals surface area contributed by atoms with Crippen LogP contribution in [0.25, 0.3) is 5.69 Å². The van der Waals surface area contributed by atoms with E-state index < -0.39 is 10.8 Å². The highest BCUT2D eigenvalue weighted by Crippen LogP contribution is 2.13. The zero-order valence-corrected chi connectivity index (χ0v) is 13.9. The minimum atomic E-state index is -0.554. The molecule has 0 saturated carbocycles. The van der Waals surface area contributed by atoms with Gasteiger partial charge in [0.1, 0.15) is 0 Å². The van der Waals surface area contributed by atoms with Crippen molar-refractivity contribution in [1.29, 1.82) is 0 Å². The van der Waals surface area contributed by atoms with Crippen molar-refractivity contribution in [3.8, 4) is 5.69 Å². The fourth-order valence-corrected chi connectivity index (χ4v) is 2.30. The second kappa shape index (κ2) is 7.39. The lowest BCUT2D eigenvalue weighted by Gasteiger charge is -1.99. The van der Waals surface area contributed by atoms with E-state index in [1.54, 1.807) is 10.9 Å². The summed E-state index contributed by atoms with van der Waals surface area (Å²) in [4.78, 5) is 22.3. The van der Waals surface area contributed by atoms with Crippen molar-refractivity contribution in [3.05, 3.63) is 87.7 Å². The van der Waals surface area contributed by atoms with Gasteiger partial charge in [-0.3, -0.25) is 14.9 Å². The summed E-state index contributed by atoms with van der Waals surface area (Å²) in [5, 5.41) is 19.1. The number of nitro benzene ring substituents is 1. The van der Waals surface area contributed by atoms with Crippen molar-refractivity contribution >= 4 is 17.8 Å². The number of nitro groups is 1. The second-order valence-electron chi connectivity index (χ2n) is 5.46. The number of hydrazone groups is 1. The smallest absolute Gasteiger partial charge is 0.267 e. The first-order chi connectivity index (χ1) is 12.5. The van der Waals surface area contributed by atoms with Crippen LogP contribution in [0.1, 0.15) is 21.6 Å². The predicted molar refractivity (Wildman–Crippen MR) is 96.5 cm³/mol. The zero-order chi connectivity index (χ0) is 18.5. The summed E-state index contributed by atoms with van der Waals surface area (Å²) < 4.78 is 1.72. The summed E-state index contributed by atoms with van der Waals surface area (Å²) in [6, 6.07) is 15.1. The van der Waals surface area contributed by atoms with E-state index in [9.17, 15) is 14.9 Å². The molecule has 3 aromatic rings. The molecule has 0 bridgehead atoms. The average Bonchev–Trinajstić information content (AvgIpc) is 3.03. The Labute approximate surface area is 148 Å². The van der Waals surface area contributed by atoms with Gasteiger partial charge < -0.3 is 0 Å². The van der Waals surface area contributed by atoms with Gasteiger partial charge in [0.25, 0.3) is 11.6 Å². The fourth-order valence-electron chi connectivity index (χ4n) is 2.30. The standard InChI is InChI=1S/C18H15N5O3/c1-13-15(12-22(21-13)16-7-3-2-4-8-16)11-19-20-18(24)14-6-5-9-17(10-14)23(25)26/h2-12H,1H3,(H,20,24). The molecular formula is C18H15N5O3. The summed E-state index contributed by atoms with van der Waals surface area (Å²) in [5.74, 6) is -0.530. The molecule has 0 spiro atoms. The summed E-state index contributed by atoms with van der Waals surface area (Å²) in [6.07, 6.45) is 3.28. The molecule has 3 rings (SSSR count). The van der Waals surface area contributed by atoms with Crippen molar-refractivity contribution in [2.24, 2.45) is 5.10 Å². The molecule has 0 atom stereocenters. The van der Waals surface area contributed by atoms with E-state index in [2.05, 4.69) is 15.6 Å². The normalized spacial score (nSPS) is 10.8. The molecule has 1 N–H and O–H groups in total. The monoisotopic (exact) mass is 349 g/mol. The van der Waals surface area contributed by atoms with Gasteiger partial charge in [-0.25, -0.2) is 10.1 Å². The van der Waals surface area contributed by atoms with Gasteiger partial charge in [-0.15, -0.1) is 0 Å². The number of hydrogen-bond acceptors (Lipinski definition) is 5. The molecule has 26 heavy (non-hydrogen) atoms. The minimum Gasteiger partial charge on any atom is -0.267 e. The first kappa shape index (κ1) is 17.0. The third kappa shape index (κ3) is 3.81. The summed E-state index contributed by atoms with van der Waals surface area (Å²) in [6.45, 7) is 1.84. The molecule has 0 fully saturated rings. The Morgan fingerprint density at radius 1 is 1.23 bits per heavy atom. The highest BCUT2D eigenvalue weighted by atomic mass is 16.6. The molecule has 0 radical (unpaired) electrons. The number of aromatic nitrogens is 2. The number of para-hydroxylation sites is 1.